The maximum Gasteiger partial charge on any atom is 0.257 e. The van der Waals surface area contributed by atoms with E-state index >= 15 is 0 Å². The fourth-order valence-corrected chi connectivity index (χ4v) is 2.70. The summed E-state index contributed by atoms with van der Waals surface area (Å²) in [7, 11) is 0. The van der Waals surface area contributed by atoms with Crippen LogP contribution in [-0.2, 0) is 4.79 Å². The van der Waals surface area contributed by atoms with Crippen LogP contribution in [0.4, 0.5) is 10.8 Å². The molecule has 102 valence electrons. The first kappa shape index (κ1) is 13.2. The molecule has 0 unspecified atom stereocenters. The van der Waals surface area contributed by atoms with Crippen molar-refractivity contribution in [1.82, 2.24) is 4.98 Å². The third kappa shape index (κ3) is 2.86. The first-order chi connectivity index (χ1) is 10.3. The van der Waals surface area contributed by atoms with Crippen molar-refractivity contribution < 1.29 is 9.59 Å². The van der Waals surface area contributed by atoms with Crippen LogP contribution in [-0.4, -0.2) is 17.0 Å². The van der Waals surface area contributed by atoms with E-state index in [0.29, 0.717) is 16.4 Å². The second-order valence-corrected chi connectivity index (χ2v) is 5.22. The van der Waals surface area contributed by atoms with E-state index in [-0.39, 0.29) is 5.91 Å². The van der Waals surface area contributed by atoms with E-state index in [4.69, 9.17) is 0 Å². The number of para-hydroxylation sites is 1. The summed E-state index contributed by atoms with van der Waals surface area (Å²) in [6, 6.07) is 14.0. The normalized spacial score (nSPS) is 10.1. The van der Waals surface area contributed by atoms with E-state index < -0.39 is 0 Å². The first-order valence-corrected chi connectivity index (χ1v) is 6.93. The zero-order valence-corrected chi connectivity index (χ0v) is 11.6. The molecular weight excluding hydrogens is 286 g/mol. The van der Waals surface area contributed by atoms with Crippen molar-refractivity contribution in [2.75, 3.05) is 5.32 Å². The van der Waals surface area contributed by atoms with Gasteiger partial charge in [-0.15, -0.1) is 0 Å². The highest BCUT2D eigenvalue weighted by Crippen LogP contribution is 2.25. The summed E-state index contributed by atoms with van der Waals surface area (Å²) >= 11 is 1.42. The van der Waals surface area contributed by atoms with E-state index in [0.717, 1.165) is 10.2 Å². The molecule has 0 atom stereocenters. The van der Waals surface area contributed by atoms with Gasteiger partial charge in [-0.3, -0.25) is 10.1 Å². The molecule has 0 fully saturated rings. The average Bonchev–Trinajstić information content (AvgIpc) is 2.90. The van der Waals surface area contributed by atoms with Gasteiger partial charge in [-0.2, -0.15) is 4.99 Å². The van der Waals surface area contributed by atoms with Gasteiger partial charge in [0.15, 0.2) is 5.13 Å². The summed E-state index contributed by atoms with van der Waals surface area (Å²) in [6.07, 6.45) is 1.45. The van der Waals surface area contributed by atoms with Crippen LogP contribution in [0.5, 0.6) is 0 Å². The lowest BCUT2D eigenvalue weighted by atomic mass is 10.2. The second kappa shape index (κ2) is 5.66. The van der Waals surface area contributed by atoms with Gasteiger partial charge in [-0.1, -0.05) is 23.5 Å². The van der Waals surface area contributed by atoms with Gasteiger partial charge in [0.1, 0.15) is 0 Å². The number of nitrogens with zero attached hydrogens (tertiary/aromatic N) is 2. The lowest BCUT2D eigenvalue weighted by Crippen LogP contribution is -2.11. The molecule has 0 aliphatic carbocycles. The van der Waals surface area contributed by atoms with Crippen molar-refractivity contribution in [3.8, 4) is 0 Å². The van der Waals surface area contributed by atoms with Crippen molar-refractivity contribution in [1.29, 1.82) is 0 Å². The third-order valence-electron chi connectivity index (χ3n) is 2.82. The summed E-state index contributed by atoms with van der Waals surface area (Å²) in [5.74, 6) is -0.254. The molecule has 0 aliphatic heterocycles. The fourth-order valence-electron chi connectivity index (χ4n) is 1.84. The van der Waals surface area contributed by atoms with Crippen LogP contribution < -0.4 is 5.32 Å². The van der Waals surface area contributed by atoms with Crippen LogP contribution in [0.3, 0.4) is 0 Å². The molecular formula is C15H9N3O2S. The number of hydrogen-bond donors (Lipinski definition) is 1. The summed E-state index contributed by atoms with van der Waals surface area (Å²) < 4.78 is 1.02. The Morgan fingerprint density at radius 3 is 2.62 bits per heavy atom. The average molecular weight is 295 g/mol. The molecule has 6 heteroatoms. The number of anilines is 1. The standard InChI is InChI=1S/C15H9N3O2S/c19-9-16-11-7-5-10(6-8-11)14(20)18-15-17-12-3-1-2-4-13(12)21-15/h1-8H,(H,17,18,20). The van der Waals surface area contributed by atoms with Crippen molar-refractivity contribution in [2.45, 2.75) is 0 Å². The highest BCUT2D eigenvalue weighted by Gasteiger charge is 2.09. The van der Waals surface area contributed by atoms with Crippen LogP contribution in [0.2, 0.25) is 0 Å². The highest BCUT2D eigenvalue weighted by molar-refractivity contribution is 7.22. The van der Waals surface area contributed by atoms with Gasteiger partial charge < -0.3 is 0 Å². The van der Waals surface area contributed by atoms with Crippen LogP contribution in [0, 0.1) is 0 Å². The van der Waals surface area contributed by atoms with Gasteiger partial charge >= 0.3 is 0 Å². The Balaban J connectivity index is 1.80. The Hall–Kier alpha value is -2.82. The molecule has 0 spiro atoms. The summed E-state index contributed by atoms with van der Waals surface area (Å²) in [5.41, 5.74) is 1.79. The van der Waals surface area contributed by atoms with E-state index in [9.17, 15) is 9.59 Å². The summed E-state index contributed by atoms with van der Waals surface area (Å²) in [5, 5.41) is 3.31. The summed E-state index contributed by atoms with van der Waals surface area (Å²) in [4.78, 5) is 30.1. The maximum absolute atomic E-state index is 12.1. The first-order valence-electron chi connectivity index (χ1n) is 6.11. The van der Waals surface area contributed by atoms with Gasteiger partial charge in [0.05, 0.1) is 15.9 Å². The predicted molar refractivity (Wildman–Crippen MR) is 81.8 cm³/mol. The molecule has 0 aliphatic rings. The number of benzene rings is 2. The SMILES string of the molecule is O=C=Nc1ccc(C(=O)Nc2nc3ccccc3s2)cc1. The van der Waals surface area contributed by atoms with Gasteiger partial charge in [0.25, 0.3) is 5.91 Å². The van der Waals surface area contributed by atoms with Crippen molar-refractivity contribution >= 4 is 44.4 Å². The number of hydrogen-bond acceptors (Lipinski definition) is 5. The number of thiazole rings is 1. The lowest BCUT2D eigenvalue weighted by Gasteiger charge is -2.01. The minimum Gasteiger partial charge on any atom is -0.298 e. The molecule has 1 aromatic heterocycles. The van der Waals surface area contributed by atoms with E-state index in [2.05, 4.69) is 15.3 Å². The highest BCUT2D eigenvalue weighted by atomic mass is 32.1. The Bertz CT molecular complexity index is 816. The lowest BCUT2D eigenvalue weighted by molar-refractivity contribution is 0.102. The van der Waals surface area contributed by atoms with Crippen LogP contribution >= 0.6 is 11.3 Å². The molecule has 1 heterocycles. The largest absolute Gasteiger partial charge is 0.298 e. The molecule has 21 heavy (non-hydrogen) atoms. The third-order valence-corrected chi connectivity index (χ3v) is 3.77. The molecule has 3 rings (SSSR count). The van der Waals surface area contributed by atoms with Crippen molar-refractivity contribution in [2.24, 2.45) is 4.99 Å². The molecule has 1 N–H and O–H groups in total. The van der Waals surface area contributed by atoms with Crippen LogP contribution in [0.25, 0.3) is 10.2 Å². The smallest absolute Gasteiger partial charge is 0.257 e. The minimum atomic E-state index is -0.254. The Morgan fingerprint density at radius 2 is 1.90 bits per heavy atom. The van der Waals surface area contributed by atoms with Crippen molar-refractivity contribution in [3.05, 3.63) is 54.1 Å². The van der Waals surface area contributed by atoms with E-state index in [1.54, 1.807) is 24.3 Å². The van der Waals surface area contributed by atoms with Crippen LogP contribution in [0.15, 0.2) is 53.5 Å². The number of nitrogens with one attached hydrogen (secondary N) is 1. The monoisotopic (exact) mass is 295 g/mol. The maximum atomic E-state index is 12.1. The molecule has 0 saturated carbocycles. The van der Waals surface area contributed by atoms with Gasteiger partial charge in [-0.25, -0.2) is 9.78 Å². The van der Waals surface area contributed by atoms with Crippen molar-refractivity contribution in [3.63, 3.8) is 0 Å². The molecule has 0 saturated heterocycles. The van der Waals surface area contributed by atoms with E-state index in [1.165, 1.54) is 17.4 Å². The molecule has 0 bridgehead atoms. The number of carbonyl (C=O) groups excluding carboxylic acids is 2. The number of fused-ring (bicyclic) bond motifs is 1. The Labute approximate surface area is 124 Å². The number of isocyanates is 1. The fraction of sp³-hybridized carbons (Fsp3) is 0. The zero-order chi connectivity index (χ0) is 14.7. The molecule has 3 aromatic rings. The van der Waals surface area contributed by atoms with Gasteiger partial charge in [-0.05, 0) is 36.4 Å². The van der Waals surface area contributed by atoms with Gasteiger partial charge in [0, 0.05) is 5.56 Å². The Morgan fingerprint density at radius 1 is 1.14 bits per heavy atom. The number of carbonyl (C=O) groups is 1. The Kier molecular flexibility index (Phi) is 3.55. The quantitative estimate of drug-likeness (QED) is 0.593. The predicted octanol–water partition coefficient (Wildman–Crippen LogP) is 3.52. The molecule has 1 amide bonds. The molecule has 5 nitrogen and oxygen atoms in total. The molecule has 0 radical (unpaired) electrons. The number of amides is 1. The summed E-state index contributed by atoms with van der Waals surface area (Å²) in [6.45, 7) is 0. The number of aromatic nitrogens is 1. The second-order valence-electron chi connectivity index (χ2n) is 4.19. The van der Waals surface area contributed by atoms with Gasteiger partial charge in [0.2, 0.25) is 6.08 Å². The minimum absolute atomic E-state index is 0.254. The van der Waals surface area contributed by atoms with E-state index in [1.807, 2.05) is 24.3 Å². The number of rotatable bonds is 3. The van der Waals surface area contributed by atoms with Crippen LogP contribution in [0.1, 0.15) is 10.4 Å². The topological polar surface area (TPSA) is 71.4 Å². The zero-order valence-electron chi connectivity index (χ0n) is 10.7. The number of aliphatic imine (C=N–C) groups is 1. The molecule has 2 aromatic carbocycles.